The lowest BCUT2D eigenvalue weighted by molar-refractivity contribution is 0.414. The van der Waals surface area contributed by atoms with E-state index >= 15 is 0 Å². The number of aromatic nitrogens is 1. The second-order valence-electron chi connectivity index (χ2n) is 7.28. The summed E-state index contributed by atoms with van der Waals surface area (Å²) in [5, 5.41) is 6.22. The Labute approximate surface area is 188 Å². The van der Waals surface area contributed by atoms with Crippen molar-refractivity contribution in [2.24, 2.45) is 0 Å². The fourth-order valence-corrected chi connectivity index (χ4v) is 5.08. The number of fused-ring (bicyclic) bond motifs is 4. The van der Waals surface area contributed by atoms with E-state index in [0.29, 0.717) is 22.3 Å². The van der Waals surface area contributed by atoms with Gasteiger partial charge in [0.25, 0.3) is 0 Å². The van der Waals surface area contributed by atoms with Crippen molar-refractivity contribution in [3.63, 3.8) is 0 Å². The van der Waals surface area contributed by atoms with Gasteiger partial charge in [0.1, 0.15) is 11.6 Å². The van der Waals surface area contributed by atoms with E-state index in [9.17, 15) is 4.79 Å². The molecule has 0 unspecified atom stereocenters. The summed E-state index contributed by atoms with van der Waals surface area (Å²) < 4.78 is 6.99. The van der Waals surface area contributed by atoms with Crippen LogP contribution in [0.2, 0.25) is 5.02 Å². The highest BCUT2D eigenvalue weighted by molar-refractivity contribution is 7.25. The van der Waals surface area contributed by atoms with Crippen molar-refractivity contribution >= 4 is 59.8 Å². The smallest absolute Gasteiger partial charge is 0.196 e. The number of methoxy groups -OCH3 is 1. The number of nitrogens with zero attached hydrogens (tertiary/aromatic N) is 1. The first-order chi connectivity index (χ1) is 15.1. The van der Waals surface area contributed by atoms with E-state index in [1.54, 1.807) is 24.5 Å². The van der Waals surface area contributed by atoms with E-state index in [2.05, 4.69) is 17.4 Å². The average Bonchev–Trinajstić information content (AvgIpc) is 2.80. The van der Waals surface area contributed by atoms with E-state index in [0.717, 1.165) is 38.3 Å². The second-order valence-corrected chi connectivity index (χ2v) is 8.77. The third-order valence-corrected chi connectivity index (χ3v) is 6.75. The maximum Gasteiger partial charge on any atom is 0.196 e. The molecule has 0 aliphatic rings. The lowest BCUT2D eigenvalue weighted by atomic mass is 10.1. The van der Waals surface area contributed by atoms with E-state index in [1.807, 2.05) is 48.5 Å². The largest absolute Gasteiger partial charge is 0.497 e. The number of hydrogen-bond donors (Lipinski definition) is 1. The number of halogens is 1. The minimum absolute atomic E-state index is 0.0111. The van der Waals surface area contributed by atoms with E-state index in [1.165, 1.54) is 5.56 Å². The number of nitrogens with one attached hydrogen (secondary N) is 1. The van der Waals surface area contributed by atoms with Crippen LogP contribution < -0.4 is 15.5 Å². The third kappa shape index (κ3) is 3.71. The van der Waals surface area contributed by atoms with Crippen LogP contribution in [-0.2, 0) is 6.42 Å². The molecule has 6 heteroatoms. The van der Waals surface area contributed by atoms with Crippen molar-refractivity contribution in [1.82, 2.24) is 4.98 Å². The van der Waals surface area contributed by atoms with Gasteiger partial charge in [-0.2, -0.15) is 0 Å². The third-order valence-electron chi connectivity index (χ3n) is 5.34. The summed E-state index contributed by atoms with van der Waals surface area (Å²) in [7, 11) is 1.66. The van der Waals surface area contributed by atoms with Crippen LogP contribution in [0, 0.1) is 0 Å². The molecule has 0 spiro atoms. The lowest BCUT2D eigenvalue weighted by Crippen LogP contribution is -2.09. The molecule has 154 valence electrons. The first kappa shape index (κ1) is 19.8. The Balaban J connectivity index is 1.60. The van der Waals surface area contributed by atoms with Gasteiger partial charge in [0.2, 0.25) is 0 Å². The minimum atomic E-state index is -0.0111. The summed E-state index contributed by atoms with van der Waals surface area (Å²) in [6.45, 7) is 0.701. The van der Waals surface area contributed by atoms with Crippen molar-refractivity contribution < 1.29 is 4.74 Å². The molecule has 0 bridgehead atoms. The van der Waals surface area contributed by atoms with Crippen LogP contribution in [0.25, 0.3) is 31.1 Å². The fraction of sp³-hybridized carbons (Fsp3) is 0.120. The normalized spacial score (nSPS) is 11.3. The summed E-state index contributed by atoms with van der Waals surface area (Å²) >= 11 is 7.74. The Morgan fingerprint density at radius 1 is 1.03 bits per heavy atom. The molecule has 0 saturated heterocycles. The SMILES string of the molecule is COc1ccc(CCNc2nc3ccccc3c3c(=O)c4cc(Cl)ccc4sc23)cc1. The van der Waals surface area contributed by atoms with Crippen LogP contribution in [-0.4, -0.2) is 18.6 Å². The quantitative estimate of drug-likeness (QED) is 0.255. The molecule has 1 N–H and O–H groups in total. The Morgan fingerprint density at radius 2 is 1.84 bits per heavy atom. The monoisotopic (exact) mass is 446 g/mol. The predicted molar refractivity (Wildman–Crippen MR) is 131 cm³/mol. The van der Waals surface area contributed by atoms with Gasteiger partial charge >= 0.3 is 0 Å². The van der Waals surface area contributed by atoms with Crippen molar-refractivity contribution in [3.05, 3.63) is 87.5 Å². The molecule has 3 aromatic carbocycles. The number of ether oxygens (including phenoxy) is 1. The Bertz CT molecular complexity index is 1480. The van der Waals surface area contributed by atoms with E-state index in [-0.39, 0.29) is 5.43 Å². The summed E-state index contributed by atoms with van der Waals surface area (Å²) in [6.07, 6.45) is 0.831. The van der Waals surface area contributed by atoms with Gasteiger partial charge in [-0.1, -0.05) is 41.9 Å². The van der Waals surface area contributed by atoms with E-state index < -0.39 is 0 Å². The molecule has 2 aromatic heterocycles. The number of pyridine rings is 1. The van der Waals surface area contributed by atoms with Crippen molar-refractivity contribution in [2.75, 3.05) is 19.0 Å². The molecule has 0 aliphatic heterocycles. The first-order valence-corrected chi connectivity index (χ1v) is 11.1. The highest BCUT2D eigenvalue weighted by Gasteiger charge is 2.15. The van der Waals surface area contributed by atoms with Crippen LogP contribution in [0.15, 0.2) is 71.5 Å². The number of para-hydroxylation sites is 1. The molecule has 0 saturated carbocycles. The number of benzene rings is 3. The van der Waals surface area contributed by atoms with Crippen LogP contribution in [0.4, 0.5) is 5.82 Å². The molecule has 4 nitrogen and oxygen atoms in total. The molecule has 5 rings (SSSR count). The van der Waals surface area contributed by atoms with Crippen LogP contribution in [0.3, 0.4) is 0 Å². The number of rotatable bonds is 5. The Kier molecular flexibility index (Phi) is 5.22. The van der Waals surface area contributed by atoms with Crippen LogP contribution in [0.5, 0.6) is 5.75 Å². The maximum atomic E-state index is 13.4. The topological polar surface area (TPSA) is 51.2 Å². The van der Waals surface area contributed by atoms with Crippen molar-refractivity contribution in [2.45, 2.75) is 6.42 Å². The van der Waals surface area contributed by atoms with Crippen molar-refractivity contribution in [3.8, 4) is 5.75 Å². The second kappa shape index (κ2) is 8.17. The Morgan fingerprint density at radius 3 is 2.65 bits per heavy atom. The van der Waals surface area contributed by atoms with Crippen LogP contribution >= 0.6 is 22.9 Å². The zero-order valence-corrected chi connectivity index (χ0v) is 18.4. The number of hydrogen-bond acceptors (Lipinski definition) is 5. The molecular formula is C25H19ClN2O2S. The fourth-order valence-electron chi connectivity index (χ4n) is 3.77. The lowest BCUT2D eigenvalue weighted by Gasteiger charge is -2.12. The number of anilines is 1. The van der Waals surface area contributed by atoms with Gasteiger partial charge in [-0.15, -0.1) is 11.3 Å². The summed E-state index contributed by atoms with van der Waals surface area (Å²) in [4.78, 5) is 18.3. The van der Waals surface area contributed by atoms with Crippen LogP contribution in [0.1, 0.15) is 5.56 Å². The zero-order chi connectivity index (χ0) is 21.4. The summed E-state index contributed by atoms with van der Waals surface area (Å²) in [5.41, 5.74) is 1.99. The highest BCUT2D eigenvalue weighted by atomic mass is 35.5. The Hall–Kier alpha value is -3.15. The average molecular weight is 447 g/mol. The van der Waals surface area contributed by atoms with E-state index in [4.69, 9.17) is 21.3 Å². The molecule has 0 amide bonds. The maximum absolute atomic E-state index is 13.4. The van der Waals surface area contributed by atoms with Gasteiger partial charge in [-0.3, -0.25) is 4.79 Å². The minimum Gasteiger partial charge on any atom is -0.497 e. The van der Waals surface area contributed by atoms with Gasteiger partial charge in [0.05, 0.1) is 22.7 Å². The highest BCUT2D eigenvalue weighted by Crippen LogP contribution is 2.34. The molecule has 0 fully saturated rings. The molecular weight excluding hydrogens is 428 g/mol. The molecule has 0 radical (unpaired) electrons. The molecule has 0 aliphatic carbocycles. The zero-order valence-electron chi connectivity index (χ0n) is 16.8. The first-order valence-electron chi connectivity index (χ1n) is 9.95. The molecule has 31 heavy (non-hydrogen) atoms. The van der Waals surface area contributed by atoms with Gasteiger partial charge in [0, 0.05) is 27.0 Å². The predicted octanol–water partition coefficient (Wildman–Crippen LogP) is 6.28. The molecule has 5 aromatic rings. The molecule has 0 atom stereocenters. The van der Waals surface area contributed by atoms with Gasteiger partial charge < -0.3 is 10.1 Å². The summed E-state index contributed by atoms with van der Waals surface area (Å²) in [6, 6.07) is 21.3. The standard InChI is InChI=1S/C25H19ClN2O2S/c1-30-17-9-6-15(7-10-17)12-13-27-25-24-22(18-4-2-3-5-20(18)28-25)23(29)19-14-16(26)8-11-21(19)31-24/h2-11,14H,12-13H2,1H3,(H,27,28). The van der Waals surface area contributed by atoms with Gasteiger partial charge in [0.15, 0.2) is 5.43 Å². The summed E-state index contributed by atoms with van der Waals surface area (Å²) in [5.74, 6) is 1.58. The van der Waals surface area contributed by atoms with Gasteiger partial charge in [-0.05, 0) is 48.4 Å². The van der Waals surface area contributed by atoms with Crippen molar-refractivity contribution in [1.29, 1.82) is 0 Å². The van der Waals surface area contributed by atoms with Gasteiger partial charge in [-0.25, -0.2) is 4.98 Å². The molecule has 2 heterocycles.